The lowest BCUT2D eigenvalue weighted by molar-refractivity contribution is -0.129. The van der Waals surface area contributed by atoms with Crippen molar-refractivity contribution in [3.8, 4) is 0 Å². The molecule has 0 saturated heterocycles. The van der Waals surface area contributed by atoms with Crippen molar-refractivity contribution >= 4 is 17.7 Å². The predicted molar refractivity (Wildman–Crippen MR) is 111 cm³/mol. The summed E-state index contributed by atoms with van der Waals surface area (Å²) in [6.07, 6.45) is 2.70. The van der Waals surface area contributed by atoms with Crippen LogP contribution >= 0.6 is 11.8 Å². The number of aromatic nitrogens is 3. The first-order valence-corrected chi connectivity index (χ1v) is 10.6. The number of nitrogens with zero attached hydrogens (tertiary/aromatic N) is 4. The van der Waals surface area contributed by atoms with Gasteiger partial charge in [-0.05, 0) is 29.5 Å². The number of benzene rings is 2. The maximum absolute atomic E-state index is 12.7. The first-order valence-electron chi connectivity index (χ1n) is 9.60. The molecule has 4 rings (SSSR count). The van der Waals surface area contributed by atoms with Crippen molar-refractivity contribution in [3.63, 3.8) is 0 Å². The van der Waals surface area contributed by atoms with Gasteiger partial charge in [0.25, 0.3) is 0 Å². The normalized spacial score (nSPS) is 13.4. The van der Waals surface area contributed by atoms with Crippen LogP contribution in [0.2, 0.25) is 0 Å². The minimum atomic E-state index is 0.160. The Morgan fingerprint density at radius 3 is 2.57 bits per heavy atom. The summed E-state index contributed by atoms with van der Waals surface area (Å²) >= 11 is 1.47. The topological polar surface area (TPSA) is 51.0 Å². The van der Waals surface area contributed by atoms with Gasteiger partial charge in [0.15, 0.2) is 5.16 Å². The van der Waals surface area contributed by atoms with Crippen molar-refractivity contribution in [3.05, 3.63) is 77.1 Å². The summed E-state index contributed by atoms with van der Waals surface area (Å²) < 4.78 is 2.01. The van der Waals surface area contributed by atoms with Gasteiger partial charge in [0.2, 0.25) is 5.91 Å². The summed E-state index contributed by atoms with van der Waals surface area (Å²) in [6.45, 7) is 1.49. The minimum absolute atomic E-state index is 0.160. The molecule has 1 aliphatic heterocycles. The van der Waals surface area contributed by atoms with E-state index >= 15 is 0 Å². The highest BCUT2D eigenvalue weighted by Gasteiger charge is 2.21. The number of carbonyl (C=O) groups is 1. The average Bonchev–Trinajstić information content (AvgIpc) is 3.10. The zero-order valence-corrected chi connectivity index (χ0v) is 16.9. The lowest BCUT2D eigenvalue weighted by Crippen LogP contribution is -2.37. The van der Waals surface area contributed by atoms with Gasteiger partial charge in [-0.2, -0.15) is 0 Å². The van der Waals surface area contributed by atoms with E-state index in [0.717, 1.165) is 36.8 Å². The van der Waals surface area contributed by atoms with E-state index in [1.807, 2.05) is 28.6 Å². The van der Waals surface area contributed by atoms with Crippen LogP contribution in [0.25, 0.3) is 0 Å². The van der Waals surface area contributed by atoms with Crippen LogP contribution in [0.1, 0.15) is 22.5 Å². The van der Waals surface area contributed by atoms with Gasteiger partial charge in [0, 0.05) is 26.6 Å². The number of fused-ring (bicyclic) bond motifs is 1. The number of aryl methyl sites for hydroxylation is 2. The van der Waals surface area contributed by atoms with Crippen molar-refractivity contribution < 1.29 is 4.79 Å². The fraction of sp³-hybridized carbons (Fsp3) is 0.318. The summed E-state index contributed by atoms with van der Waals surface area (Å²) in [5.41, 5.74) is 3.91. The number of carbonyl (C=O) groups excluding carboxylic acids is 1. The zero-order valence-electron chi connectivity index (χ0n) is 16.0. The molecule has 0 radical (unpaired) electrons. The fourth-order valence-corrected chi connectivity index (χ4v) is 4.35. The van der Waals surface area contributed by atoms with Gasteiger partial charge in [-0.15, -0.1) is 10.2 Å². The van der Waals surface area contributed by atoms with Gasteiger partial charge < -0.3 is 9.47 Å². The smallest absolute Gasteiger partial charge is 0.233 e. The Balaban J connectivity index is 1.31. The van der Waals surface area contributed by atoms with E-state index in [0.29, 0.717) is 12.3 Å². The molecule has 28 heavy (non-hydrogen) atoms. The lowest BCUT2D eigenvalue weighted by Gasteiger charge is -2.28. The van der Waals surface area contributed by atoms with Crippen molar-refractivity contribution in [2.75, 3.05) is 12.3 Å². The molecule has 1 aromatic heterocycles. The van der Waals surface area contributed by atoms with E-state index < -0.39 is 0 Å². The van der Waals surface area contributed by atoms with Crippen LogP contribution in [0.4, 0.5) is 0 Å². The van der Waals surface area contributed by atoms with E-state index in [1.165, 1.54) is 28.5 Å². The van der Waals surface area contributed by atoms with Crippen LogP contribution < -0.4 is 0 Å². The second-order valence-electron chi connectivity index (χ2n) is 7.07. The van der Waals surface area contributed by atoms with Crippen LogP contribution in [0.15, 0.2) is 59.8 Å². The Kier molecular flexibility index (Phi) is 5.76. The molecular weight excluding hydrogens is 368 g/mol. The second kappa shape index (κ2) is 8.61. The second-order valence-corrected chi connectivity index (χ2v) is 8.01. The van der Waals surface area contributed by atoms with Gasteiger partial charge in [-0.25, -0.2) is 0 Å². The van der Waals surface area contributed by atoms with Crippen molar-refractivity contribution in [2.24, 2.45) is 7.05 Å². The third kappa shape index (κ3) is 4.28. The van der Waals surface area contributed by atoms with E-state index in [9.17, 15) is 4.79 Å². The molecule has 0 bridgehead atoms. The molecule has 144 valence electrons. The van der Waals surface area contributed by atoms with E-state index in [2.05, 4.69) is 52.7 Å². The maximum atomic E-state index is 12.7. The minimum Gasteiger partial charge on any atom is -0.337 e. The van der Waals surface area contributed by atoms with Gasteiger partial charge in [0.05, 0.1) is 5.75 Å². The standard InChI is InChI=1S/C22H24N4OS/c1-25-20(12-11-17-7-3-2-4-8-17)23-24-22(25)28-16-21(27)26-14-13-18-9-5-6-10-19(18)15-26/h2-10H,11-16H2,1H3. The van der Waals surface area contributed by atoms with Gasteiger partial charge >= 0.3 is 0 Å². The van der Waals surface area contributed by atoms with Crippen LogP contribution in [-0.4, -0.2) is 37.9 Å². The first kappa shape index (κ1) is 18.7. The molecule has 5 nitrogen and oxygen atoms in total. The molecule has 1 amide bonds. The molecule has 0 saturated carbocycles. The Labute approximate surface area is 169 Å². The van der Waals surface area contributed by atoms with Crippen molar-refractivity contribution in [1.29, 1.82) is 0 Å². The SMILES string of the molecule is Cn1c(CCc2ccccc2)nnc1SCC(=O)N1CCc2ccccc2C1. The number of thioether (sulfide) groups is 1. The molecule has 0 fully saturated rings. The average molecular weight is 393 g/mol. The monoisotopic (exact) mass is 392 g/mol. The van der Waals surface area contributed by atoms with Crippen LogP contribution in [0, 0.1) is 0 Å². The van der Waals surface area contributed by atoms with Gasteiger partial charge in [0.1, 0.15) is 5.82 Å². The lowest BCUT2D eigenvalue weighted by atomic mass is 10.00. The molecule has 0 spiro atoms. The fourth-order valence-electron chi connectivity index (χ4n) is 3.52. The van der Waals surface area contributed by atoms with Gasteiger partial charge in [-0.1, -0.05) is 66.4 Å². The molecule has 0 aliphatic carbocycles. The quantitative estimate of drug-likeness (QED) is 0.604. The van der Waals surface area contributed by atoms with E-state index in [4.69, 9.17) is 0 Å². The van der Waals surface area contributed by atoms with E-state index in [-0.39, 0.29) is 5.91 Å². The third-order valence-corrected chi connectivity index (χ3v) is 6.22. The Morgan fingerprint density at radius 1 is 1.00 bits per heavy atom. The highest BCUT2D eigenvalue weighted by atomic mass is 32.2. The van der Waals surface area contributed by atoms with Crippen molar-refractivity contribution in [1.82, 2.24) is 19.7 Å². The van der Waals surface area contributed by atoms with Gasteiger partial charge in [-0.3, -0.25) is 4.79 Å². The first-order chi connectivity index (χ1) is 13.7. The van der Waals surface area contributed by atoms with Crippen molar-refractivity contribution in [2.45, 2.75) is 31.0 Å². The number of hydrogen-bond donors (Lipinski definition) is 0. The van der Waals surface area contributed by atoms with Crippen LogP contribution in [0.3, 0.4) is 0 Å². The van der Waals surface area contributed by atoms with Crippen LogP contribution in [-0.2, 0) is 37.6 Å². The summed E-state index contributed by atoms with van der Waals surface area (Å²) in [5.74, 6) is 1.51. The third-order valence-electron chi connectivity index (χ3n) is 5.21. The summed E-state index contributed by atoms with van der Waals surface area (Å²) in [6, 6.07) is 18.8. The highest BCUT2D eigenvalue weighted by molar-refractivity contribution is 7.99. The van der Waals surface area contributed by atoms with E-state index in [1.54, 1.807) is 0 Å². The highest BCUT2D eigenvalue weighted by Crippen LogP contribution is 2.21. The molecule has 3 aromatic rings. The maximum Gasteiger partial charge on any atom is 0.233 e. The Morgan fingerprint density at radius 2 is 1.75 bits per heavy atom. The molecule has 1 aliphatic rings. The Bertz CT molecular complexity index is 954. The summed E-state index contributed by atoms with van der Waals surface area (Å²) in [7, 11) is 1.98. The van der Waals surface area contributed by atoms with Crippen LogP contribution in [0.5, 0.6) is 0 Å². The number of amides is 1. The summed E-state index contributed by atoms with van der Waals surface area (Å²) in [4.78, 5) is 14.6. The largest absolute Gasteiger partial charge is 0.337 e. The molecule has 2 aromatic carbocycles. The summed E-state index contributed by atoms with van der Waals surface area (Å²) in [5, 5.41) is 9.40. The zero-order chi connectivity index (χ0) is 19.3. The molecule has 0 unspecified atom stereocenters. The number of hydrogen-bond acceptors (Lipinski definition) is 4. The molecule has 0 N–H and O–H groups in total. The molecule has 6 heteroatoms. The molecule has 0 atom stereocenters. The molecular formula is C22H24N4OS. The Hall–Kier alpha value is -2.60. The molecule has 2 heterocycles. The predicted octanol–water partition coefficient (Wildman–Crippen LogP) is 3.28. The number of rotatable bonds is 6.